The number of allylic oxidation sites excluding steroid dienone is 3. The molecule has 3 atom stereocenters. The molecule has 86 valence electrons. The molecule has 0 aromatic rings. The highest BCUT2D eigenvalue weighted by Crippen LogP contribution is 2.33. The minimum Gasteiger partial charge on any atom is -0.289 e. The van der Waals surface area contributed by atoms with Gasteiger partial charge in [-0.15, -0.1) is 0 Å². The average molecular weight is 246 g/mol. The van der Waals surface area contributed by atoms with Gasteiger partial charge in [0.25, 0.3) is 0 Å². The Labute approximate surface area is 97.3 Å². The zero-order chi connectivity index (χ0) is 11.5. The van der Waals surface area contributed by atoms with E-state index < -0.39 is 13.5 Å². The van der Waals surface area contributed by atoms with Crippen LogP contribution in [0, 0.1) is 5.92 Å². The Bertz CT molecular complexity index is 368. The first kappa shape index (κ1) is 12.9. The molecule has 0 fully saturated rings. The summed E-state index contributed by atoms with van der Waals surface area (Å²) in [7, 11) is -2.70. The molecule has 1 aliphatic rings. The molecule has 0 aromatic heterocycles. The van der Waals surface area contributed by atoms with Crippen LogP contribution in [0.2, 0.25) is 0 Å². The summed E-state index contributed by atoms with van der Waals surface area (Å²) in [4.78, 5) is 0. The van der Waals surface area contributed by atoms with E-state index in [1.54, 1.807) is 0 Å². The predicted octanol–water partition coefficient (Wildman–Crippen LogP) is 2.60. The number of hydrogen-bond donors (Lipinski definition) is 0. The maximum atomic E-state index is 12.3. The third-order valence-electron chi connectivity index (χ3n) is 2.82. The molecule has 0 bridgehead atoms. The number of hydrogen-bond acceptors (Lipinski definition) is 3. The number of rotatable bonds is 4. The highest BCUT2D eigenvalue weighted by Gasteiger charge is 2.39. The summed E-state index contributed by atoms with van der Waals surface area (Å²) in [5.74, 6) is 0.143. The van der Waals surface area contributed by atoms with Crippen LogP contribution in [0.5, 0.6) is 0 Å². The van der Waals surface area contributed by atoms with E-state index in [0.717, 1.165) is 6.42 Å². The Morgan fingerprint density at radius 3 is 2.73 bits per heavy atom. The highest BCUT2D eigenvalue weighted by molar-refractivity contribution is 8.31. The van der Waals surface area contributed by atoms with E-state index in [-0.39, 0.29) is 5.92 Å². The molecule has 0 heterocycles. The quantitative estimate of drug-likeness (QED) is 0.762. The van der Waals surface area contributed by atoms with E-state index >= 15 is 0 Å². The van der Waals surface area contributed by atoms with Crippen molar-refractivity contribution in [3.8, 4) is 0 Å². The van der Waals surface area contributed by atoms with Crippen molar-refractivity contribution in [1.82, 2.24) is 0 Å². The standard InChI is InChI=1S/C11H18O2S2/c1-4-9-13-15(12,14)11(3)8-6-5-7-10(11)2/h5-8,10H,4,9H2,1-3H3. The van der Waals surface area contributed by atoms with E-state index in [1.807, 2.05) is 45.1 Å². The van der Waals surface area contributed by atoms with Gasteiger partial charge in [0.05, 0.1) is 11.4 Å². The molecule has 0 radical (unpaired) electrons. The second-order valence-electron chi connectivity index (χ2n) is 3.99. The van der Waals surface area contributed by atoms with E-state index in [1.165, 1.54) is 0 Å². The Morgan fingerprint density at radius 1 is 1.53 bits per heavy atom. The monoisotopic (exact) mass is 246 g/mol. The fourth-order valence-corrected chi connectivity index (χ4v) is 3.70. The summed E-state index contributed by atoms with van der Waals surface area (Å²) < 4.78 is 17.1. The summed E-state index contributed by atoms with van der Waals surface area (Å²) >= 11 is 5.14. The van der Waals surface area contributed by atoms with Gasteiger partial charge in [-0.3, -0.25) is 4.18 Å². The van der Waals surface area contributed by atoms with Crippen LogP contribution in [-0.4, -0.2) is 15.6 Å². The molecular weight excluding hydrogens is 228 g/mol. The van der Waals surface area contributed by atoms with E-state index in [4.69, 9.17) is 15.4 Å². The van der Waals surface area contributed by atoms with Crippen molar-refractivity contribution in [2.45, 2.75) is 31.9 Å². The fraction of sp³-hybridized carbons (Fsp3) is 0.636. The summed E-state index contributed by atoms with van der Waals surface area (Å²) in [5.41, 5.74) is 0. The van der Waals surface area contributed by atoms with Crippen molar-refractivity contribution in [3.63, 3.8) is 0 Å². The molecule has 0 aliphatic heterocycles. The molecular formula is C11H18O2S2. The minimum absolute atomic E-state index is 0.143. The molecule has 3 unspecified atom stereocenters. The van der Waals surface area contributed by atoms with Gasteiger partial charge in [-0.1, -0.05) is 38.2 Å². The second kappa shape index (κ2) is 4.76. The lowest BCUT2D eigenvalue weighted by molar-refractivity contribution is 0.329. The Balaban J connectivity index is 2.94. The molecule has 4 heteroatoms. The average Bonchev–Trinajstić information content (AvgIpc) is 2.19. The van der Waals surface area contributed by atoms with Gasteiger partial charge in [-0.25, -0.2) is 4.21 Å². The van der Waals surface area contributed by atoms with Gasteiger partial charge in [-0.05, 0) is 19.3 Å². The van der Waals surface area contributed by atoms with Crippen molar-refractivity contribution in [2.24, 2.45) is 5.92 Å². The minimum atomic E-state index is -2.70. The van der Waals surface area contributed by atoms with Gasteiger partial charge in [0.2, 0.25) is 0 Å². The smallest absolute Gasteiger partial charge is 0.153 e. The molecule has 2 nitrogen and oxygen atoms in total. The molecule has 0 amide bonds. The van der Waals surface area contributed by atoms with Gasteiger partial charge in [0.15, 0.2) is 8.77 Å². The molecule has 0 N–H and O–H groups in total. The predicted molar refractivity (Wildman–Crippen MR) is 67.6 cm³/mol. The lowest BCUT2D eigenvalue weighted by Gasteiger charge is -2.33. The topological polar surface area (TPSA) is 26.3 Å². The first-order chi connectivity index (χ1) is 6.94. The summed E-state index contributed by atoms with van der Waals surface area (Å²) in [6.45, 7) is 6.36. The van der Waals surface area contributed by atoms with Crippen LogP contribution in [0.25, 0.3) is 0 Å². The maximum Gasteiger partial charge on any atom is 0.153 e. The molecule has 15 heavy (non-hydrogen) atoms. The first-order valence-corrected chi connectivity index (χ1v) is 7.60. The van der Waals surface area contributed by atoms with Crippen LogP contribution >= 0.6 is 0 Å². The first-order valence-electron chi connectivity index (χ1n) is 5.19. The lowest BCUT2D eigenvalue weighted by atomic mass is 9.91. The van der Waals surface area contributed by atoms with Crippen molar-refractivity contribution < 1.29 is 8.39 Å². The van der Waals surface area contributed by atoms with Gasteiger partial charge < -0.3 is 0 Å². The Hall–Kier alpha value is -0.190. The van der Waals surface area contributed by atoms with Gasteiger partial charge in [-0.2, -0.15) is 0 Å². The third kappa shape index (κ3) is 2.49. The lowest BCUT2D eigenvalue weighted by Crippen LogP contribution is -2.40. The molecule has 1 aliphatic carbocycles. The van der Waals surface area contributed by atoms with Gasteiger partial charge in [0.1, 0.15) is 0 Å². The Morgan fingerprint density at radius 2 is 2.20 bits per heavy atom. The summed E-state index contributed by atoms with van der Waals surface area (Å²) in [6, 6.07) is 0. The van der Waals surface area contributed by atoms with Crippen LogP contribution in [0.15, 0.2) is 24.3 Å². The van der Waals surface area contributed by atoms with E-state index in [9.17, 15) is 4.21 Å². The van der Waals surface area contributed by atoms with Crippen LogP contribution in [-0.2, 0) is 24.1 Å². The summed E-state index contributed by atoms with van der Waals surface area (Å²) in [5, 5.41) is 0. The molecule has 1 rings (SSSR count). The summed E-state index contributed by atoms with van der Waals surface area (Å²) in [6.07, 6.45) is 8.60. The highest BCUT2D eigenvalue weighted by atomic mass is 32.8. The van der Waals surface area contributed by atoms with E-state index in [2.05, 4.69) is 0 Å². The van der Waals surface area contributed by atoms with Crippen molar-refractivity contribution in [2.75, 3.05) is 6.61 Å². The zero-order valence-electron chi connectivity index (χ0n) is 9.43. The van der Waals surface area contributed by atoms with Crippen LogP contribution in [0.4, 0.5) is 0 Å². The molecule has 0 saturated heterocycles. The third-order valence-corrected chi connectivity index (χ3v) is 6.25. The maximum absolute atomic E-state index is 12.3. The van der Waals surface area contributed by atoms with Gasteiger partial charge >= 0.3 is 0 Å². The van der Waals surface area contributed by atoms with Crippen LogP contribution < -0.4 is 0 Å². The van der Waals surface area contributed by atoms with Gasteiger partial charge in [0, 0.05) is 11.2 Å². The van der Waals surface area contributed by atoms with Crippen LogP contribution in [0.1, 0.15) is 27.2 Å². The van der Waals surface area contributed by atoms with Crippen molar-refractivity contribution in [3.05, 3.63) is 24.3 Å². The van der Waals surface area contributed by atoms with Crippen molar-refractivity contribution in [1.29, 1.82) is 0 Å². The molecule has 0 spiro atoms. The Kier molecular flexibility index (Phi) is 4.09. The zero-order valence-corrected chi connectivity index (χ0v) is 11.1. The normalized spacial score (nSPS) is 33.9. The largest absolute Gasteiger partial charge is 0.289 e. The molecule has 0 aromatic carbocycles. The fourth-order valence-electron chi connectivity index (χ4n) is 1.45. The second-order valence-corrected chi connectivity index (χ2v) is 7.33. The van der Waals surface area contributed by atoms with Crippen molar-refractivity contribution >= 4 is 20.0 Å². The SMILES string of the molecule is CCCOS(=O)(=S)C1(C)C=CC=CC1C. The van der Waals surface area contributed by atoms with Crippen LogP contribution in [0.3, 0.4) is 0 Å². The molecule has 0 saturated carbocycles. The van der Waals surface area contributed by atoms with E-state index in [0.29, 0.717) is 6.61 Å².